The second kappa shape index (κ2) is 7.54. The van der Waals surface area contributed by atoms with Crippen LogP contribution in [0.5, 0.6) is 0 Å². The minimum atomic E-state index is -0.756. The normalized spacial score (nSPS) is 10.5. The van der Waals surface area contributed by atoms with E-state index in [0.29, 0.717) is 18.9 Å². The van der Waals surface area contributed by atoms with Gasteiger partial charge in [0.05, 0.1) is 0 Å². The Morgan fingerprint density at radius 3 is 2.32 bits per heavy atom. The van der Waals surface area contributed by atoms with Crippen molar-refractivity contribution in [2.45, 2.75) is 33.1 Å². The molecule has 5 nitrogen and oxygen atoms in total. The third-order valence-electron chi connectivity index (χ3n) is 3.30. The van der Waals surface area contributed by atoms with Gasteiger partial charge >= 0.3 is 5.97 Å². The summed E-state index contributed by atoms with van der Waals surface area (Å²) >= 11 is 0. The highest BCUT2D eigenvalue weighted by atomic mass is 16.4. The zero-order valence-corrected chi connectivity index (χ0v) is 13.0. The Balaban J connectivity index is 2.20. The molecule has 1 heterocycles. The third-order valence-corrected chi connectivity index (χ3v) is 3.30. The van der Waals surface area contributed by atoms with E-state index in [9.17, 15) is 4.79 Å². The Hall–Kier alpha value is -2.43. The van der Waals surface area contributed by atoms with Crippen LogP contribution < -0.4 is 4.90 Å². The maximum atomic E-state index is 10.6. The van der Waals surface area contributed by atoms with Gasteiger partial charge in [0, 0.05) is 30.0 Å². The average Bonchev–Trinajstić information content (AvgIpc) is 2.46. The highest BCUT2D eigenvalue weighted by Gasteiger charge is 2.13. The van der Waals surface area contributed by atoms with Crippen LogP contribution in [-0.2, 0) is 4.79 Å². The summed E-state index contributed by atoms with van der Waals surface area (Å²) in [5.41, 5.74) is 2.87. The fourth-order valence-electron chi connectivity index (χ4n) is 2.33. The number of aromatic nitrogens is 2. The van der Waals surface area contributed by atoms with Crippen molar-refractivity contribution in [2.75, 3.05) is 11.4 Å². The lowest BCUT2D eigenvalue weighted by Gasteiger charge is -2.23. The first-order valence-corrected chi connectivity index (χ1v) is 7.43. The molecule has 0 aliphatic heterocycles. The number of rotatable bonds is 7. The van der Waals surface area contributed by atoms with Gasteiger partial charge in [-0.3, -0.25) is 4.79 Å². The van der Waals surface area contributed by atoms with Crippen molar-refractivity contribution < 1.29 is 9.90 Å². The maximum absolute atomic E-state index is 10.6. The fraction of sp³-hybridized carbons (Fsp3) is 0.353. The first-order valence-electron chi connectivity index (χ1n) is 7.43. The van der Waals surface area contributed by atoms with Crippen LogP contribution >= 0.6 is 0 Å². The predicted molar refractivity (Wildman–Crippen MR) is 86.4 cm³/mol. The summed E-state index contributed by atoms with van der Waals surface area (Å²) < 4.78 is 0. The monoisotopic (exact) mass is 299 g/mol. The van der Waals surface area contributed by atoms with Gasteiger partial charge in [0.15, 0.2) is 0 Å². The highest BCUT2D eigenvalue weighted by Crippen LogP contribution is 2.23. The van der Waals surface area contributed by atoms with Crippen LogP contribution in [0.25, 0.3) is 0 Å². The van der Waals surface area contributed by atoms with Crippen LogP contribution in [0.3, 0.4) is 0 Å². The average molecular weight is 299 g/mol. The van der Waals surface area contributed by atoms with E-state index in [2.05, 4.69) is 9.97 Å². The van der Waals surface area contributed by atoms with Gasteiger partial charge in [-0.05, 0) is 44.9 Å². The van der Waals surface area contributed by atoms with Crippen LogP contribution in [0.2, 0.25) is 0 Å². The van der Waals surface area contributed by atoms with Crippen molar-refractivity contribution in [2.24, 2.45) is 0 Å². The van der Waals surface area contributed by atoms with E-state index in [1.807, 2.05) is 55.1 Å². The summed E-state index contributed by atoms with van der Waals surface area (Å²) in [7, 11) is 0. The number of benzene rings is 1. The van der Waals surface area contributed by atoms with Crippen molar-refractivity contribution in [3.8, 4) is 0 Å². The number of aryl methyl sites for hydroxylation is 2. The van der Waals surface area contributed by atoms with Crippen LogP contribution in [0.15, 0.2) is 36.4 Å². The Kier molecular flexibility index (Phi) is 5.47. The SMILES string of the molecule is Cc1cc(C)nc(N(CCCCC(=O)O)c2ccccc2)n1. The van der Waals surface area contributed by atoms with E-state index in [-0.39, 0.29) is 6.42 Å². The molecule has 0 saturated carbocycles. The first-order chi connectivity index (χ1) is 10.6. The van der Waals surface area contributed by atoms with Gasteiger partial charge in [-0.25, -0.2) is 9.97 Å². The summed E-state index contributed by atoms with van der Waals surface area (Å²) in [5.74, 6) is -0.0899. The number of unbranched alkanes of at least 4 members (excludes halogenated alkanes) is 1. The number of para-hydroxylation sites is 1. The zero-order chi connectivity index (χ0) is 15.9. The number of hydrogen-bond acceptors (Lipinski definition) is 4. The van der Waals surface area contributed by atoms with Crippen LogP contribution in [0, 0.1) is 13.8 Å². The van der Waals surface area contributed by atoms with Gasteiger partial charge in [0.1, 0.15) is 0 Å². The van der Waals surface area contributed by atoms with Crippen molar-refractivity contribution in [1.29, 1.82) is 0 Å². The minimum absolute atomic E-state index is 0.191. The molecule has 116 valence electrons. The second-order valence-electron chi connectivity index (χ2n) is 5.29. The number of carbonyl (C=O) groups is 1. The summed E-state index contributed by atoms with van der Waals surface area (Å²) in [5, 5.41) is 8.75. The molecule has 1 N–H and O–H groups in total. The smallest absolute Gasteiger partial charge is 0.303 e. The molecule has 2 rings (SSSR count). The molecular weight excluding hydrogens is 278 g/mol. The van der Waals surface area contributed by atoms with E-state index in [1.165, 1.54) is 0 Å². The van der Waals surface area contributed by atoms with Gasteiger partial charge < -0.3 is 10.0 Å². The van der Waals surface area contributed by atoms with E-state index in [4.69, 9.17) is 5.11 Å². The molecule has 0 radical (unpaired) electrons. The molecule has 22 heavy (non-hydrogen) atoms. The first kappa shape index (κ1) is 15.9. The quantitative estimate of drug-likeness (QED) is 0.793. The zero-order valence-electron chi connectivity index (χ0n) is 13.0. The molecule has 0 saturated heterocycles. The molecular formula is C17H21N3O2. The van der Waals surface area contributed by atoms with E-state index in [0.717, 1.165) is 23.5 Å². The number of anilines is 2. The number of carboxylic acids is 1. The van der Waals surface area contributed by atoms with Crippen LogP contribution in [-0.4, -0.2) is 27.6 Å². The fourth-order valence-corrected chi connectivity index (χ4v) is 2.33. The van der Waals surface area contributed by atoms with Gasteiger partial charge in [-0.15, -0.1) is 0 Å². The number of hydrogen-bond donors (Lipinski definition) is 1. The molecule has 2 aromatic rings. The number of carboxylic acid groups (broad SMARTS) is 1. The number of nitrogens with zero attached hydrogens (tertiary/aromatic N) is 3. The lowest BCUT2D eigenvalue weighted by atomic mass is 10.2. The van der Waals surface area contributed by atoms with E-state index in [1.54, 1.807) is 0 Å². The Morgan fingerprint density at radius 2 is 1.73 bits per heavy atom. The molecule has 0 bridgehead atoms. The summed E-state index contributed by atoms with van der Waals surface area (Å²) in [6, 6.07) is 11.9. The van der Waals surface area contributed by atoms with Crippen molar-refractivity contribution in [1.82, 2.24) is 9.97 Å². The van der Waals surface area contributed by atoms with Crippen molar-refractivity contribution >= 4 is 17.6 Å². The van der Waals surface area contributed by atoms with Crippen LogP contribution in [0.1, 0.15) is 30.7 Å². The van der Waals surface area contributed by atoms with Crippen LogP contribution in [0.4, 0.5) is 11.6 Å². The van der Waals surface area contributed by atoms with Gasteiger partial charge in [-0.1, -0.05) is 18.2 Å². The Bertz CT molecular complexity index is 609. The maximum Gasteiger partial charge on any atom is 0.303 e. The molecule has 0 unspecified atom stereocenters. The van der Waals surface area contributed by atoms with Gasteiger partial charge in [0.25, 0.3) is 0 Å². The van der Waals surface area contributed by atoms with Gasteiger partial charge in [0.2, 0.25) is 5.95 Å². The van der Waals surface area contributed by atoms with E-state index >= 15 is 0 Å². The molecule has 0 aliphatic rings. The lowest BCUT2D eigenvalue weighted by molar-refractivity contribution is -0.137. The summed E-state index contributed by atoms with van der Waals surface area (Å²) in [4.78, 5) is 21.7. The molecule has 1 aromatic carbocycles. The Labute approximate surface area is 130 Å². The van der Waals surface area contributed by atoms with Gasteiger partial charge in [-0.2, -0.15) is 0 Å². The third kappa shape index (κ3) is 4.55. The molecule has 0 atom stereocenters. The molecule has 0 fully saturated rings. The van der Waals surface area contributed by atoms with Crippen molar-refractivity contribution in [3.63, 3.8) is 0 Å². The molecule has 5 heteroatoms. The topological polar surface area (TPSA) is 66.3 Å². The Morgan fingerprint density at radius 1 is 1.09 bits per heavy atom. The standard InChI is InChI=1S/C17H21N3O2/c1-13-12-14(2)19-17(18-13)20(11-7-6-10-16(21)22)15-8-4-3-5-9-15/h3-5,8-9,12H,6-7,10-11H2,1-2H3,(H,21,22). The number of aliphatic carboxylic acids is 1. The molecule has 0 spiro atoms. The lowest BCUT2D eigenvalue weighted by Crippen LogP contribution is -2.21. The molecule has 0 amide bonds. The minimum Gasteiger partial charge on any atom is -0.481 e. The predicted octanol–water partition coefficient (Wildman–Crippen LogP) is 3.49. The highest BCUT2D eigenvalue weighted by molar-refractivity contribution is 5.66. The molecule has 0 aliphatic carbocycles. The molecule has 1 aromatic heterocycles. The summed E-state index contributed by atoms with van der Waals surface area (Å²) in [6.07, 6.45) is 1.61. The van der Waals surface area contributed by atoms with Crippen molar-refractivity contribution in [3.05, 3.63) is 47.8 Å². The summed E-state index contributed by atoms with van der Waals surface area (Å²) in [6.45, 7) is 4.59. The van der Waals surface area contributed by atoms with E-state index < -0.39 is 5.97 Å². The largest absolute Gasteiger partial charge is 0.481 e. The second-order valence-corrected chi connectivity index (χ2v) is 5.29.